The molecule has 0 unspecified atom stereocenters. The molecule has 0 aliphatic heterocycles. The minimum Gasteiger partial charge on any atom is -0.487 e. The maximum absolute atomic E-state index is 12.5. The van der Waals surface area contributed by atoms with Crippen molar-refractivity contribution in [2.45, 2.75) is 19.4 Å². The number of aryl methyl sites for hydroxylation is 1. The van der Waals surface area contributed by atoms with Gasteiger partial charge in [0, 0.05) is 17.1 Å². The third-order valence-corrected chi connectivity index (χ3v) is 6.77. The monoisotopic (exact) mass is 682 g/mol. The van der Waals surface area contributed by atoms with E-state index in [1.165, 1.54) is 5.56 Å². The molecule has 0 radical (unpaired) electrons. The molecule has 0 fully saturated rings. The Morgan fingerprint density at radius 1 is 1.06 bits per heavy atom. The number of benzene rings is 3. The molecule has 3 aromatic rings. The fraction of sp³-hybridized carbons (Fsp3) is 0.154. The van der Waals surface area contributed by atoms with Crippen molar-refractivity contribution in [1.29, 1.82) is 5.26 Å². The Labute approximate surface area is 226 Å². The Hall–Kier alpha value is -2.09. The third-order valence-electron chi connectivity index (χ3n) is 4.80. The number of nitrogens with zero attached hydrogens (tertiary/aromatic N) is 1. The van der Waals surface area contributed by atoms with E-state index in [0.717, 1.165) is 36.9 Å². The van der Waals surface area contributed by atoms with Crippen molar-refractivity contribution in [1.82, 2.24) is 5.32 Å². The Balaban J connectivity index is 1.62. The zero-order valence-electron chi connectivity index (χ0n) is 17.7. The van der Waals surface area contributed by atoms with Crippen LogP contribution in [0, 0.1) is 18.5 Å². The van der Waals surface area contributed by atoms with Crippen LogP contribution < -0.4 is 10.1 Å². The van der Waals surface area contributed by atoms with Crippen molar-refractivity contribution in [2.24, 2.45) is 0 Å². The molecule has 33 heavy (non-hydrogen) atoms. The van der Waals surface area contributed by atoms with Crippen molar-refractivity contribution in [3.63, 3.8) is 0 Å². The molecule has 0 aromatic heterocycles. The van der Waals surface area contributed by atoms with Crippen molar-refractivity contribution in [3.8, 4) is 11.8 Å². The molecule has 0 bridgehead atoms. The lowest BCUT2D eigenvalue weighted by atomic mass is 10.1. The molecule has 0 atom stereocenters. The summed E-state index contributed by atoms with van der Waals surface area (Å²) in [5, 5.41) is 13.0. The van der Waals surface area contributed by atoms with Gasteiger partial charge in [-0.15, -0.1) is 0 Å². The maximum atomic E-state index is 12.5. The summed E-state index contributed by atoms with van der Waals surface area (Å²) in [6.45, 7) is 0.867. The highest BCUT2D eigenvalue weighted by molar-refractivity contribution is 14.1. The Kier molecular flexibility index (Phi) is 10.0. The summed E-state index contributed by atoms with van der Waals surface area (Å²) in [6, 6.07) is 23.5. The first-order valence-corrected chi connectivity index (χ1v) is 12.8. The molecule has 0 aliphatic carbocycles. The highest BCUT2D eigenvalue weighted by Crippen LogP contribution is 2.31. The number of nitrogens with one attached hydrogen (secondary N) is 1. The van der Waals surface area contributed by atoms with Crippen LogP contribution in [0.1, 0.15) is 23.1 Å². The second kappa shape index (κ2) is 13.0. The quantitative estimate of drug-likeness (QED) is 0.117. The summed E-state index contributed by atoms with van der Waals surface area (Å²) in [5.74, 6) is 0.381. The van der Waals surface area contributed by atoms with E-state index in [4.69, 9.17) is 16.3 Å². The molecule has 0 aliphatic rings. The van der Waals surface area contributed by atoms with Crippen molar-refractivity contribution >= 4 is 68.8 Å². The Bertz CT molecular complexity index is 1170. The Morgan fingerprint density at radius 3 is 2.39 bits per heavy atom. The van der Waals surface area contributed by atoms with Crippen molar-refractivity contribution < 1.29 is 9.53 Å². The van der Waals surface area contributed by atoms with Crippen molar-refractivity contribution in [3.05, 3.63) is 101 Å². The molecular formula is C26H21ClI2N2O2. The zero-order valence-corrected chi connectivity index (χ0v) is 22.7. The molecule has 0 saturated heterocycles. The lowest BCUT2D eigenvalue weighted by Crippen LogP contribution is -2.25. The fourth-order valence-electron chi connectivity index (χ4n) is 3.12. The van der Waals surface area contributed by atoms with Crippen LogP contribution in [0.2, 0.25) is 5.02 Å². The largest absolute Gasteiger partial charge is 0.487 e. The summed E-state index contributed by atoms with van der Waals surface area (Å²) >= 11 is 10.6. The number of rotatable bonds is 9. The number of carbonyl (C=O) groups is 1. The molecule has 0 heterocycles. The van der Waals surface area contributed by atoms with Gasteiger partial charge < -0.3 is 10.1 Å². The standard InChI is InChI=1S/C26H21ClI2N2O2/c27-22-11-5-4-10-20(22)17-33-25-23(28)14-19(15-24(25)29)13-21(16-30)26(32)31-12-6-9-18-7-2-1-3-8-18/h1-5,7-8,10-11,13-15H,6,9,12,17H2,(H,31,32)/b21-13-. The number of amides is 1. The SMILES string of the molecule is N#C/C(=C/c1cc(I)c(OCc2ccccc2Cl)c(I)c1)C(=O)NCCCc1ccccc1. The fourth-order valence-corrected chi connectivity index (χ4v) is 5.43. The van der Waals surface area contributed by atoms with Gasteiger partial charge in [0.05, 0.1) is 7.14 Å². The number of nitriles is 1. The van der Waals surface area contributed by atoms with Crippen LogP contribution in [0.3, 0.4) is 0 Å². The number of ether oxygens (including phenoxy) is 1. The first-order valence-electron chi connectivity index (χ1n) is 10.3. The molecule has 3 aromatic carbocycles. The van der Waals surface area contributed by atoms with Crippen LogP contribution in [-0.2, 0) is 17.8 Å². The van der Waals surface area contributed by atoms with Crippen LogP contribution in [0.4, 0.5) is 0 Å². The van der Waals surface area contributed by atoms with E-state index < -0.39 is 0 Å². The zero-order chi connectivity index (χ0) is 23.6. The molecule has 168 valence electrons. The highest BCUT2D eigenvalue weighted by Gasteiger charge is 2.13. The highest BCUT2D eigenvalue weighted by atomic mass is 127. The maximum Gasteiger partial charge on any atom is 0.261 e. The van der Waals surface area contributed by atoms with Crippen LogP contribution in [0.15, 0.2) is 72.3 Å². The predicted molar refractivity (Wildman–Crippen MR) is 149 cm³/mol. The van der Waals surface area contributed by atoms with E-state index in [2.05, 4.69) is 62.6 Å². The smallest absolute Gasteiger partial charge is 0.261 e. The van der Waals surface area contributed by atoms with Gasteiger partial charge in [-0.05, 0) is 93.4 Å². The second-order valence-corrected chi connectivity index (χ2v) is 9.94. The summed E-state index contributed by atoms with van der Waals surface area (Å²) in [7, 11) is 0. The van der Waals surface area contributed by atoms with Gasteiger partial charge in [-0.1, -0.05) is 60.1 Å². The molecule has 0 saturated carbocycles. The minimum atomic E-state index is -0.366. The van der Waals surface area contributed by atoms with Gasteiger partial charge in [0.15, 0.2) is 0 Å². The summed E-state index contributed by atoms with van der Waals surface area (Å²) in [4.78, 5) is 12.5. The summed E-state index contributed by atoms with van der Waals surface area (Å²) in [6.07, 6.45) is 3.29. The number of hydrogen-bond donors (Lipinski definition) is 1. The van der Waals surface area contributed by atoms with E-state index >= 15 is 0 Å². The second-order valence-electron chi connectivity index (χ2n) is 7.21. The van der Waals surface area contributed by atoms with E-state index in [1.54, 1.807) is 6.08 Å². The number of halogens is 3. The number of carbonyl (C=O) groups excluding carboxylic acids is 1. The Morgan fingerprint density at radius 2 is 1.73 bits per heavy atom. The van der Waals surface area contributed by atoms with Crippen molar-refractivity contribution in [2.75, 3.05) is 6.54 Å². The molecule has 4 nitrogen and oxygen atoms in total. The van der Waals surface area contributed by atoms with Gasteiger partial charge in [0.1, 0.15) is 24.0 Å². The van der Waals surface area contributed by atoms with Gasteiger partial charge in [0.2, 0.25) is 0 Å². The van der Waals surface area contributed by atoms with Gasteiger partial charge in [0.25, 0.3) is 5.91 Å². The van der Waals surface area contributed by atoms with Gasteiger partial charge in [-0.3, -0.25) is 4.79 Å². The molecule has 0 spiro atoms. The lowest BCUT2D eigenvalue weighted by molar-refractivity contribution is -0.117. The van der Waals surface area contributed by atoms with Gasteiger partial charge >= 0.3 is 0 Å². The molecule has 7 heteroatoms. The molecule has 1 N–H and O–H groups in total. The van der Waals surface area contributed by atoms with Crippen LogP contribution in [0.25, 0.3) is 6.08 Å². The lowest BCUT2D eigenvalue weighted by Gasteiger charge is -2.12. The first kappa shape index (κ1) is 25.5. The van der Waals surface area contributed by atoms with Gasteiger partial charge in [-0.2, -0.15) is 5.26 Å². The average molecular weight is 683 g/mol. The predicted octanol–water partition coefficient (Wildman–Crippen LogP) is 6.78. The molecule has 3 rings (SSSR count). The normalized spacial score (nSPS) is 11.0. The van der Waals surface area contributed by atoms with E-state index in [1.807, 2.05) is 60.7 Å². The topological polar surface area (TPSA) is 62.1 Å². The minimum absolute atomic E-state index is 0.0750. The third kappa shape index (κ3) is 7.73. The van der Waals surface area contributed by atoms with Crippen LogP contribution in [-0.4, -0.2) is 12.5 Å². The van der Waals surface area contributed by atoms with Crippen LogP contribution >= 0.6 is 56.8 Å². The summed E-state index contributed by atoms with van der Waals surface area (Å²) < 4.78 is 7.78. The molecule has 1 amide bonds. The average Bonchev–Trinajstić information content (AvgIpc) is 2.81. The first-order chi connectivity index (χ1) is 16.0. The number of hydrogen-bond acceptors (Lipinski definition) is 3. The van der Waals surface area contributed by atoms with E-state index in [0.29, 0.717) is 18.2 Å². The summed E-state index contributed by atoms with van der Waals surface area (Å²) in [5.41, 5.74) is 2.98. The van der Waals surface area contributed by atoms with Crippen LogP contribution in [0.5, 0.6) is 5.75 Å². The van der Waals surface area contributed by atoms with Gasteiger partial charge in [-0.25, -0.2) is 0 Å². The van der Waals surface area contributed by atoms with E-state index in [9.17, 15) is 10.1 Å². The van der Waals surface area contributed by atoms with E-state index in [-0.39, 0.29) is 11.5 Å². The molecular weight excluding hydrogens is 662 g/mol.